The van der Waals surface area contributed by atoms with E-state index in [0.717, 1.165) is 27.8 Å². The standard InChI is InChI=1S/C26H23N5O2/c1-16-9-11-20(18(3)13-16)27-25(32)23-28-24-26(33)30(15-19-7-5-4-6-8-19)22-14-17(2)10-12-21(22)31(24)29-23/h4-14H,15H2,1-3H3,(H,27,32). The first kappa shape index (κ1) is 20.6. The SMILES string of the molecule is Cc1ccc(NC(=O)c2nc3c(=O)n(Cc4ccccc4)c4cc(C)ccc4n3n2)c(C)c1. The lowest BCUT2D eigenvalue weighted by atomic mass is 10.1. The molecule has 7 nitrogen and oxygen atoms in total. The summed E-state index contributed by atoms with van der Waals surface area (Å²) in [5.41, 5.74) is 6.03. The predicted octanol–water partition coefficient (Wildman–Crippen LogP) is 4.27. The fraction of sp³-hybridized carbons (Fsp3) is 0.154. The molecular weight excluding hydrogens is 414 g/mol. The van der Waals surface area contributed by atoms with Gasteiger partial charge in [0.1, 0.15) is 0 Å². The van der Waals surface area contributed by atoms with E-state index in [0.29, 0.717) is 17.7 Å². The summed E-state index contributed by atoms with van der Waals surface area (Å²) in [5, 5.41) is 7.26. The number of rotatable bonds is 4. The topological polar surface area (TPSA) is 81.3 Å². The van der Waals surface area contributed by atoms with E-state index in [4.69, 9.17) is 0 Å². The maximum Gasteiger partial charge on any atom is 0.296 e. The van der Waals surface area contributed by atoms with Crippen LogP contribution >= 0.6 is 0 Å². The van der Waals surface area contributed by atoms with E-state index in [1.54, 1.807) is 4.57 Å². The Kier molecular flexibility index (Phi) is 5.01. The first-order chi connectivity index (χ1) is 15.9. The van der Waals surface area contributed by atoms with Gasteiger partial charge in [-0.05, 0) is 55.7 Å². The maximum atomic E-state index is 13.5. The Morgan fingerprint density at radius 1 is 0.909 bits per heavy atom. The minimum absolute atomic E-state index is 0.0496. The highest BCUT2D eigenvalue weighted by atomic mass is 16.2. The molecule has 0 unspecified atom stereocenters. The van der Waals surface area contributed by atoms with Crippen LogP contribution in [0.3, 0.4) is 0 Å². The van der Waals surface area contributed by atoms with Gasteiger partial charge >= 0.3 is 0 Å². The van der Waals surface area contributed by atoms with Crippen molar-refractivity contribution in [2.75, 3.05) is 5.32 Å². The van der Waals surface area contributed by atoms with Crippen LogP contribution in [0.1, 0.15) is 32.9 Å². The molecular formula is C26H23N5O2. The fourth-order valence-corrected chi connectivity index (χ4v) is 4.03. The largest absolute Gasteiger partial charge is 0.319 e. The normalized spacial score (nSPS) is 11.2. The Morgan fingerprint density at radius 3 is 2.39 bits per heavy atom. The van der Waals surface area contributed by atoms with Gasteiger partial charge in [0.05, 0.1) is 17.6 Å². The van der Waals surface area contributed by atoms with Crippen LogP contribution in [0.4, 0.5) is 5.69 Å². The molecule has 0 saturated carbocycles. The summed E-state index contributed by atoms with van der Waals surface area (Å²) in [5.74, 6) is -0.508. The van der Waals surface area contributed by atoms with Crippen molar-refractivity contribution in [2.45, 2.75) is 27.3 Å². The molecule has 0 aliphatic rings. The van der Waals surface area contributed by atoms with Crippen LogP contribution in [0.25, 0.3) is 16.7 Å². The number of carbonyl (C=O) groups is 1. The van der Waals surface area contributed by atoms with Crippen LogP contribution in [0, 0.1) is 20.8 Å². The van der Waals surface area contributed by atoms with Crippen molar-refractivity contribution in [2.24, 2.45) is 0 Å². The van der Waals surface area contributed by atoms with Crippen LogP contribution in [0.15, 0.2) is 71.5 Å². The first-order valence-corrected chi connectivity index (χ1v) is 10.7. The van der Waals surface area contributed by atoms with Gasteiger partial charge in [-0.15, -0.1) is 5.10 Å². The number of benzene rings is 3. The number of hydrogen-bond donors (Lipinski definition) is 1. The zero-order valence-corrected chi connectivity index (χ0v) is 18.7. The number of hydrogen-bond acceptors (Lipinski definition) is 4. The van der Waals surface area contributed by atoms with Crippen LogP contribution in [-0.4, -0.2) is 25.1 Å². The number of nitrogens with one attached hydrogen (secondary N) is 1. The molecule has 33 heavy (non-hydrogen) atoms. The van der Waals surface area contributed by atoms with Crippen LogP contribution in [0.2, 0.25) is 0 Å². The second-order valence-electron chi connectivity index (χ2n) is 8.31. The zero-order chi connectivity index (χ0) is 23.1. The molecule has 0 saturated heterocycles. The molecule has 2 aromatic heterocycles. The number of carbonyl (C=O) groups excluding carboxylic acids is 1. The number of amides is 1. The van der Waals surface area contributed by atoms with Gasteiger partial charge in [-0.2, -0.15) is 4.98 Å². The molecule has 0 spiro atoms. The van der Waals surface area contributed by atoms with Crippen molar-refractivity contribution in [1.82, 2.24) is 19.2 Å². The second kappa shape index (κ2) is 8.02. The highest BCUT2D eigenvalue weighted by Crippen LogP contribution is 2.19. The van der Waals surface area contributed by atoms with Crippen molar-refractivity contribution in [3.05, 3.63) is 105 Å². The van der Waals surface area contributed by atoms with Gasteiger partial charge < -0.3 is 5.32 Å². The number of aromatic nitrogens is 4. The van der Waals surface area contributed by atoms with Crippen molar-refractivity contribution in [3.8, 4) is 0 Å². The summed E-state index contributed by atoms with van der Waals surface area (Å²) in [4.78, 5) is 30.7. The van der Waals surface area contributed by atoms with Crippen LogP contribution < -0.4 is 10.9 Å². The quantitative estimate of drug-likeness (QED) is 0.455. The van der Waals surface area contributed by atoms with Gasteiger partial charge in [0.2, 0.25) is 11.5 Å². The molecule has 0 aliphatic carbocycles. The molecule has 5 rings (SSSR count). The lowest BCUT2D eigenvalue weighted by Crippen LogP contribution is -2.24. The second-order valence-corrected chi connectivity index (χ2v) is 8.31. The maximum absolute atomic E-state index is 13.5. The monoisotopic (exact) mass is 437 g/mol. The van der Waals surface area contributed by atoms with E-state index in [9.17, 15) is 9.59 Å². The minimum atomic E-state index is -0.458. The third-order valence-corrected chi connectivity index (χ3v) is 5.71. The summed E-state index contributed by atoms with van der Waals surface area (Å²) in [7, 11) is 0. The molecule has 0 fully saturated rings. The van der Waals surface area contributed by atoms with Gasteiger partial charge in [0, 0.05) is 5.69 Å². The Morgan fingerprint density at radius 2 is 1.64 bits per heavy atom. The average molecular weight is 438 g/mol. The Balaban J connectivity index is 1.64. The summed E-state index contributed by atoms with van der Waals surface area (Å²) < 4.78 is 3.16. The van der Waals surface area contributed by atoms with Crippen molar-refractivity contribution < 1.29 is 4.79 Å². The number of aryl methyl sites for hydroxylation is 3. The third kappa shape index (κ3) is 3.78. The molecule has 0 aliphatic heterocycles. The Hall–Kier alpha value is -4.26. The van der Waals surface area contributed by atoms with E-state index < -0.39 is 5.91 Å². The lowest BCUT2D eigenvalue weighted by molar-refractivity contribution is 0.101. The number of fused-ring (bicyclic) bond motifs is 3. The predicted molar refractivity (Wildman–Crippen MR) is 129 cm³/mol. The van der Waals surface area contributed by atoms with Gasteiger partial charge in [-0.25, -0.2) is 4.52 Å². The van der Waals surface area contributed by atoms with E-state index in [1.807, 2.05) is 87.5 Å². The van der Waals surface area contributed by atoms with Crippen molar-refractivity contribution >= 4 is 28.3 Å². The minimum Gasteiger partial charge on any atom is -0.319 e. The first-order valence-electron chi connectivity index (χ1n) is 10.7. The zero-order valence-electron chi connectivity index (χ0n) is 18.7. The molecule has 5 aromatic rings. The Labute approximate surface area is 190 Å². The van der Waals surface area contributed by atoms with Gasteiger partial charge in [0.15, 0.2) is 0 Å². The van der Waals surface area contributed by atoms with E-state index in [-0.39, 0.29) is 17.0 Å². The fourth-order valence-electron chi connectivity index (χ4n) is 4.03. The molecule has 2 heterocycles. The van der Waals surface area contributed by atoms with Crippen LogP contribution in [0.5, 0.6) is 0 Å². The molecule has 0 radical (unpaired) electrons. The van der Waals surface area contributed by atoms with Crippen LogP contribution in [-0.2, 0) is 6.54 Å². The number of anilines is 1. The summed E-state index contributed by atoms with van der Waals surface area (Å²) in [6, 6.07) is 21.4. The highest BCUT2D eigenvalue weighted by molar-refractivity contribution is 6.02. The summed E-state index contributed by atoms with van der Waals surface area (Å²) in [6.07, 6.45) is 0. The molecule has 7 heteroatoms. The van der Waals surface area contributed by atoms with E-state index in [2.05, 4.69) is 15.4 Å². The summed E-state index contributed by atoms with van der Waals surface area (Å²) in [6.45, 7) is 6.30. The summed E-state index contributed by atoms with van der Waals surface area (Å²) >= 11 is 0. The van der Waals surface area contributed by atoms with Gasteiger partial charge in [-0.3, -0.25) is 14.2 Å². The molecule has 0 bridgehead atoms. The Bertz CT molecular complexity index is 1580. The molecule has 164 valence electrons. The van der Waals surface area contributed by atoms with E-state index in [1.165, 1.54) is 4.52 Å². The van der Waals surface area contributed by atoms with E-state index >= 15 is 0 Å². The molecule has 0 atom stereocenters. The lowest BCUT2D eigenvalue weighted by Gasteiger charge is -2.12. The third-order valence-electron chi connectivity index (χ3n) is 5.71. The van der Waals surface area contributed by atoms with Crippen molar-refractivity contribution in [1.29, 1.82) is 0 Å². The van der Waals surface area contributed by atoms with Crippen molar-refractivity contribution in [3.63, 3.8) is 0 Å². The van der Waals surface area contributed by atoms with Gasteiger partial charge in [0.25, 0.3) is 11.5 Å². The molecule has 3 aromatic carbocycles. The highest BCUT2D eigenvalue weighted by Gasteiger charge is 2.20. The molecule has 1 amide bonds. The average Bonchev–Trinajstić information content (AvgIpc) is 3.25. The smallest absolute Gasteiger partial charge is 0.296 e. The number of nitrogens with zero attached hydrogens (tertiary/aromatic N) is 4. The van der Waals surface area contributed by atoms with Gasteiger partial charge in [-0.1, -0.05) is 54.1 Å². The molecule has 1 N–H and O–H groups in total.